The molecule has 1 rings (SSSR count). The maximum atomic E-state index is 10.5. The van der Waals surface area contributed by atoms with Crippen LogP contribution in [-0.2, 0) is 0 Å². The van der Waals surface area contributed by atoms with Gasteiger partial charge in [-0.2, -0.15) is 0 Å². The van der Waals surface area contributed by atoms with Crippen LogP contribution >= 0.6 is 11.6 Å². The van der Waals surface area contributed by atoms with Crippen LogP contribution in [0.1, 0.15) is 49.4 Å². The third kappa shape index (κ3) is 5.22. The van der Waals surface area contributed by atoms with Crippen LogP contribution in [0.25, 0.3) is 0 Å². The molecule has 0 aromatic heterocycles. The molecule has 0 aliphatic carbocycles. The van der Waals surface area contributed by atoms with Gasteiger partial charge >= 0.3 is 0 Å². The smallest absolute Gasteiger partial charge is 0.150 e. The van der Waals surface area contributed by atoms with Crippen LogP contribution in [-0.4, -0.2) is 12.9 Å². The van der Waals surface area contributed by atoms with Crippen LogP contribution < -0.4 is 4.74 Å². The van der Waals surface area contributed by atoms with Gasteiger partial charge in [-0.3, -0.25) is 4.79 Å². The minimum Gasteiger partial charge on any atom is -0.492 e. The first-order chi connectivity index (χ1) is 8.27. The molecule has 0 bridgehead atoms. The fourth-order valence-electron chi connectivity index (χ4n) is 1.60. The van der Waals surface area contributed by atoms with Crippen LogP contribution in [0.2, 0.25) is 5.02 Å². The summed E-state index contributed by atoms with van der Waals surface area (Å²) in [4.78, 5) is 10.5. The minimum atomic E-state index is 0.503. The predicted molar refractivity (Wildman–Crippen MR) is 71.1 cm³/mol. The lowest BCUT2D eigenvalue weighted by Gasteiger charge is -2.08. The van der Waals surface area contributed by atoms with Gasteiger partial charge in [-0.05, 0) is 24.6 Å². The van der Waals surface area contributed by atoms with Crippen molar-refractivity contribution in [3.05, 3.63) is 28.8 Å². The predicted octanol–water partition coefficient (Wildman–Crippen LogP) is 4.50. The average molecular weight is 255 g/mol. The van der Waals surface area contributed by atoms with Crippen molar-refractivity contribution >= 4 is 17.9 Å². The maximum absolute atomic E-state index is 10.5. The number of benzene rings is 1. The Bertz CT molecular complexity index is 350. The molecule has 94 valence electrons. The molecular formula is C14H19ClO2. The van der Waals surface area contributed by atoms with Gasteiger partial charge < -0.3 is 4.74 Å². The SMILES string of the molecule is CCCCCCCOc1ccc(C=O)cc1Cl. The molecule has 0 radical (unpaired) electrons. The fraction of sp³-hybridized carbons (Fsp3) is 0.500. The number of hydrogen-bond acceptors (Lipinski definition) is 2. The highest BCUT2D eigenvalue weighted by Crippen LogP contribution is 2.25. The van der Waals surface area contributed by atoms with E-state index < -0.39 is 0 Å². The van der Waals surface area contributed by atoms with E-state index in [4.69, 9.17) is 16.3 Å². The Kier molecular flexibility index (Phi) is 6.71. The van der Waals surface area contributed by atoms with E-state index in [0.29, 0.717) is 22.9 Å². The van der Waals surface area contributed by atoms with Crippen molar-refractivity contribution in [1.29, 1.82) is 0 Å². The molecule has 0 saturated carbocycles. The van der Waals surface area contributed by atoms with E-state index in [1.165, 1.54) is 25.7 Å². The number of halogens is 1. The molecule has 0 atom stereocenters. The van der Waals surface area contributed by atoms with E-state index >= 15 is 0 Å². The molecule has 0 spiro atoms. The van der Waals surface area contributed by atoms with E-state index in [1.807, 2.05) is 0 Å². The van der Waals surface area contributed by atoms with E-state index in [0.717, 1.165) is 12.7 Å². The molecule has 0 amide bonds. The molecule has 0 unspecified atom stereocenters. The zero-order valence-corrected chi connectivity index (χ0v) is 11.0. The summed E-state index contributed by atoms with van der Waals surface area (Å²) in [5.74, 6) is 0.660. The lowest BCUT2D eigenvalue weighted by atomic mass is 10.2. The molecule has 2 nitrogen and oxygen atoms in total. The van der Waals surface area contributed by atoms with Crippen LogP contribution in [0.3, 0.4) is 0 Å². The van der Waals surface area contributed by atoms with E-state index in [9.17, 15) is 4.79 Å². The van der Waals surface area contributed by atoms with Gasteiger partial charge in [-0.25, -0.2) is 0 Å². The third-order valence-electron chi connectivity index (χ3n) is 2.60. The fourth-order valence-corrected chi connectivity index (χ4v) is 1.84. The Hall–Kier alpha value is -1.02. The first-order valence-corrected chi connectivity index (χ1v) is 6.53. The first-order valence-electron chi connectivity index (χ1n) is 6.15. The second kappa shape index (κ2) is 8.13. The normalized spacial score (nSPS) is 10.2. The zero-order chi connectivity index (χ0) is 12.5. The Labute approximate surface area is 108 Å². The lowest BCUT2D eigenvalue weighted by molar-refractivity contribution is 0.112. The van der Waals surface area contributed by atoms with E-state index in [1.54, 1.807) is 18.2 Å². The third-order valence-corrected chi connectivity index (χ3v) is 2.89. The van der Waals surface area contributed by atoms with Crippen LogP contribution in [0.4, 0.5) is 0 Å². The molecule has 1 aromatic rings. The number of carbonyl (C=O) groups excluding carboxylic acids is 1. The number of carbonyl (C=O) groups is 1. The quantitative estimate of drug-likeness (QED) is 0.504. The molecular weight excluding hydrogens is 236 g/mol. The summed E-state index contributed by atoms with van der Waals surface area (Å²) in [6.45, 7) is 2.88. The number of ether oxygens (including phenoxy) is 1. The first kappa shape index (κ1) is 14.0. The van der Waals surface area contributed by atoms with Crippen molar-refractivity contribution in [2.75, 3.05) is 6.61 Å². The summed E-state index contributed by atoms with van der Waals surface area (Å²) in [6, 6.07) is 5.09. The standard InChI is InChI=1S/C14H19ClO2/c1-2-3-4-5-6-9-17-14-8-7-12(11-16)10-13(14)15/h7-8,10-11H,2-6,9H2,1H3. The maximum Gasteiger partial charge on any atom is 0.150 e. The van der Waals surface area contributed by atoms with Gasteiger partial charge in [0.1, 0.15) is 12.0 Å². The van der Waals surface area contributed by atoms with Gasteiger partial charge in [0.15, 0.2) is 0 Å². The van der Waals surface area contributed by atoms with Gasteiger partial charge in [0, 0.05) is 5.56 Å². The monoisotopic (exact) mass is 254 g/mol. The Morgan fingerprint density at radius 1 is 1.24 bits per heavy atom. The van der Waals surface area contributed by atoms with Crippen molar-refractivity contribution in [3.8, 4) is 5.75 Å². The van der Waals surface area contributed by atoms with Gasteiger partial charge in [-0.15, -0.1) is 0 Å². The average Bonchev–Trinajstić information content (AvgIpc) is 2.35. The highest BCUT2D eigenvalue weighted by atomic mass is 35.5. The number of aldehydes is 1. The zero-order valence-electron chi connectivity index (χ0n) is 10.2. The summed E-state index contributed by atoms with van der Waals surface area (Å²) in [7, 11) is 0. The summed E-state index contributed by atoms with van der Waals surface area (Å²) >= 11 is 5.99. The van der Waals surface area contributed by atoms with E-state index in [-0.39, 0.29) is 0 Å². The molecule has 0 fully saturated rings. The number of hydrogen-bond donors (Lipinski definition) is 0. The van der Waals surface area contributed by atoms with Gasteiger partial charge in [0.05, 0.1) is 11.6 Å². The summed E-state index contributed by atoms with van der Waals surface area (Å²) in [6.07, 6.45) is 6.82. The molecule has 3 heteroatoms. The molecule has 0 aliphatic rings. The van der Waals surface area contributed by atoms with Crippen molar-refractivity contribution in [2.24, 2.45) is 0 Å². The summed E-state index contributed by atoms with van der Waals surface area (Å²) < 4.78 is 5.57. The molecule has 0 heterocycles. The minimum absolute atomic E-state index is 0.503. The van der Waals surface area contributed by atoms with Crippen molar-refractivity contribution in [3.63, 3.8) is 0 Å². The van der Waals surface area contributed by atoms with Crippen molar-refractivity contribution in [2.45, 2.75) is 39.0 Å². The largest absolute Gasteiger partial charge is 0.492 e. The summed E-state index contributed by atoms with van der Waals surface area (Å²) in [5.41, 5.74) is 0.574. The van der Waals surface area contributed by atoms with Gasteiger partial charge in [-0.1, -0.05) is 44.2 Å². The van der Waals surface area contributed by atoms with E-state index in [2.05, 4.69) is 6.92 Å². The highest BCUT2D eigenvalue weighted by Gasteiger charge is 2.02. The Morgan fingerprint density at radius 3 is 2.65 bits per heavy atom. The summed E-state index contributed by atoms with van der Waals surface area (Å²) in [5, 5.41) is 0.503. The molecule has 17 heavy (non-hydrogen) atoms. The van der Waals surface area contributed by atoms with Crippen LogP contribution in [0.15, 0.2) is 18.2 Å². The van der Waals surface area contributed by atoms with Crippen LogP contribution in [0.5, 0.6) is 5.75 Å². The van der Waals surface area contributed by atoms with Gasteiger partial charge in [0.2, 0.25) is 0 Å². The Morgan fingerprint density at radius 2 is 2.00 bits per heavy atom. The number of rotatable bonds is 8. The topological polar surface area (TPSA) is 26.3 Å². The molecule has 1 aromatic carbocycles. The molecule has 0 N–H and O–H groups in total. The lowest BCUT2D eigenvalue weighted by Crippen LogP contribution is -1.98. The van der Waals surface area contributed by atoms with Crippen LogP contribution in [0, 0.1) is 0 Å². The van der Waals surface area contributed by atoms with Crippen molar-refractivity contribution < 1.29 is 9.53 Å². The second-order valence-electron chi connectivity index (χ2n) is 4.07. The Balaban J connectivity index is 2.29. The second-order valence-corrected chi connectivity index (χ2v) is 4.48. The number of unbranched alkanes of at least 4 members (excludes halogenated alkanes) is 4. The molecule has 0 aliphatic heterocycles. The highest BCUT2D eigenvalue weighted by molar-refractivity contribution is 6.32. The molecule has 0 saturated heterocycles. The van der Waals surface area contributed by atoms with Gasteiger partial charge in [0.25, 0.3) is 0 Å². The van der Waals surface area contributed by atoms with Crippen molar-refractivity contribution in [1.82, 2.24) is 0 Å².